The number of rotatable bonds is 6. The molecule has 2 rings (SSSR count). The lowest BCUT2D eigenvalue weighted by Crippen LogP contribution is -2.33. The van der Waals surface area contributed by atoms with Gasteiger partial charge >= 0.3 is 0 Å². The SMILES string of the molecule is CC(CO)CCCNC1CCC(C)(C)c2ccccc21. The second-order valence-corrected chi connectivity index (χ2v) is 6.95. The minimum atomic E-state index is 0.306. The summed E-state index contributed by atoms with van der Waals surface area (Å²) < 4.78 is 0. The van der Waals surface area contributed by atoms with Gasteiger partial charge in [-0.05, 0) is 54.7 Å². The van der Waals surface area contributed by atoms with E-state index in [-0.39, 0.29) is 0 Å². The minimum Gasteiger partial charge on any atom is -0.396 e. The summed E-state index contributed by atoms with van der Waals surface area (Å²) in [6.07, 6.45) is 4.71. The van der Waals surface area contributed by atoms with Gasteiger partial charge in [0.2, 0.25) is 0 Å². The maximum Gasteiger partial charge on any atom is 0.0456 e. The van der Waals surface area contributed by atoms with Crippen LogP contribution in [0.4, 0.5) is 0 Å². The van der Waals surface area contributed by atoms with Crippen molar-refractivity contribution in [2.24, 2.45) is 5.92 Å². The zero-order chi connectivity index (χ0) is 14.6. The molecule has 1 aliphatic rings. The smallest absolute Gasteiger partial charge is 0.0456 e. The molecule has 0 radical (unpaired) electrons. The molecule has 0 heterocycles. The van der Waals surface area contributed by atoms with E-state index < -0.39 is 0 Å². The second-order valence-electron chi connectivity index (χ2n) is 6.95. The van der Waals surface area contributed by atoms with Gasteiger partial charge in [0.05, 0.1) is 0 Å². The largest absolute Gasteiger partial charge is 0.396 e. The maximum atomic E-state index is 9.05. The molecule has 2 heteroatoms. The van der Waals surface area contributed by atoms with Gasteiger partial charge < -0.3 is 10.4 Å². The first-order chi connectivity index (χ1) is 9.54. The topological polar surface area (TPSA) is 32.3 Å². The fourth-order valence-corrected chi connectivity index (χ4v) is 3.24. The molecule has 0 amide bonds. The van der Waals surface area contributed by atoms with E-state index in [2.05, 4.69) is 50.4 Å². The molecule has 2 atom stereocenters. The monoisotopic (exact) mass is 275 g/mol. The summed E-state index contributed by atoms with van der Waals surface area (Å²) in [5.41, 5.74) is 3.30. The first-order valence-corrected chi connectivity index (χ1v) is 7.98. The quantitative estimate of drug-likeness (QED) is 0.774. The Bertz CT molecular complexity index is 427. The minimum absolute atomic E-state index is 0.306. The molecular weight excluding hydrogens is 246 g/mol. The predicted octanol–water partition coefficient (Wildman–Crippen LogP) is 3.80. The van der Waals surface area contributed by atoms with Gasteiger partial charge in [0.15, 0.2) is 0 Å². The normalized spacial score (nSPS) is 22.3. The van der Waals surface area contributed by atoms with Crippen molar-refractivity contribution in [2.45, 2.75) is 57.9 Å². The van der Waals surface area contributed by atoms with Crippen LogP contribution in [0.2, 0.25) is 0 Å². The molecule has 0 spiro atoms. The van der Waals surface area contributed by atoms with Crippen molar-refractivity contribution in [3.63, 3.8) is 0 Å². The first kappa shape index (κ1) is 15.5. The number of fused-ring (bicyclic) bond motifs is 1. The third kappa shape index (κ3) is 3.62. The van der Waals surface area contributed by atoms with E-state index in [9.17, 15) is 0 Å². The third-order valence-corrected chi connectivity index (χ3v) is 4.70. The van der Waals surface area contributed by atoms with E-state index in [1.54, 1.807) is 0 Å². The molecule has 0 fully saturated rings. The maximum absolute atomic E-state index is 9.05. The Labute approximate surface area is 123 Å². The zero-order valence-electron chi connectivity index (χ0n) is 13.2. The Morgan fingerprint density at radius 2 is 2.10 bits per heavy atom. The van der Waals surface area contributed by atoms with Gasteiger partial charge in [-0.2, -0.15) is 0 Å². The van der Waals surface area contributed by atoms with Gasteiger partial charge in [0.25, 0.3) is 0 Å². The summed E-state index contributed by atoms with van der Waals surface area (Å²) in [4.78, 5) is 0. The number of hydrogen-bond donors (Lipinski definition) is 2. The predicted molar refractivity (Wildman–Crippen MR) is 84.9 cm³/mol. The van der Waals surface area contributed by atoms with Gasteiger partial charge in [0.1, 0.15) is 0 Å². The molecule has 1 aromatic carbocycles. The second kappa shape index (κ2) is 6.73. The molecule has 0 saturated heterocycles. The lowest BCUT2D eigenvalue weighted by molar-refractivity contribution is 0.227. The number of hydrogen-bond acceptors (Lipinski definition) is 2. The molecular formula is C18H29NO. The number of nitrogens with one attached hydrogen (secondary N) is 1. The van der Waals surface area contributed by atoms with Crippen LogP contribution in [0, 0.1) is 5.92 Å². The van der Waals surface area contributed by atoms with Crippen LogP contribution in [0.15, 0.2) is 24.3 Å². The number of aliphatic hydroxyl groups is 1. The number of aliphatic hydroxyl groups excluding tert-OH is 1. The molecule has 0 bridgehead atoms. The summed E-state index contributed by atoms with van der Waals surface area (Å²) in [5.74, 6) is 0.425. The van der Waals surface area contributed by atoms with Gasteiger partial charge in [-0.25, -0.2) is 0 Å². The summed E-state index contributed by atoms with van der Waals surface area (Å²) in [6.45, 7) is 8.17. The average Bonchev–Trinajstić information content (AvgIpc) is 2.45. The lowest BCUT2D eigenvalue weighted by atomic mass is 9.71. The summed E-state index contributed by atoms with van der Waals surface area (Å²) >= 11 is 0. The van der Waals surface area contributed by atoms with E-state index in [1.807, 2.05) is 0 Å². The molecule has 1 aliphatic carbocycles. The van der Waals surface area contributed by atoms with Crippen LogP contribution >= 0.6 is 0 Å². The van der Waals surface area contributed by atoms with Crippen molar-refractivity contribution in [1.82, 2.24) is 5.32 Å². The van der Waals surface area contributed by atoms with Crippen molar-refractivity contribution in [1.29, 1.82) is 0 Å². The van der Waals surface area contributed by atoms with Crippen molar-refractivity contribution in [3.8, 4) is 0 Å². The van der Waals surface area contributed by atoms with Crippen LogP contribution in [-0.4, -0.2) is 18.3 Å². The van der Waals surface area contributed by atoms with Crippen LogP contribution in [-0.2, 0) is 5.41 Å². The van der Waals surface area contributed by atoms with Gasteiger partial charge in [-0.1, -0.05) is 45.0 Å². The van der Waals surface area contributed by atoms with Crippen LogP contribution in [0.1, 0.15) is 63.6 Å². The Balaban J connectivity index is 1.94. The summed E-state index contributed by atoms with van der Waals surface area (Å²) in [5, 5.41) is 12.8. The summed E-state index contributed by atoms with van der Waals surface area (Å²) in [6, 6.07) is 9.39. The lowest BCUT2D eigenvalue weighted by Gasteiger charge is -2.37. The first-order valence-electron chi connectivity index (χ1n) is 7.98. The molecule has 20 heavy (non-hydrogen) atoms. The van der Waals surface area contributed by atoms with Crippen LogP contribution in [0.5, 0.6) is 0 Å². The van der Waals surface area contributed by atoms with Crippen LogP contribution in [0.3, 0.4) is 0 Å². The Hall–Kier alpha value is -0.860. The fraction of sp³-hybridized carbons (Fsp3) is 0.667. The highest BCUT2D eigenvalue weighted by Crippen LogP contribution is 2.41. The molecule has 1 aromatic rings. The molecule has 2 unspecified atom stereocenters. The van der Waals surface area contributed by atoms with Crippen LogP contribution < -0.4 is 5.32 Å². The zero-order valence-corrected chi connectivity index (χ0v) is 13.2. The van der Waals surface area contributed by atoms with Gasteiger partial charge in [-0.15, -0.1) is 0 Å². The Morgan fingerprint density at radius 1 is 1.35 bits per heavy atom. The van der Waals surface area contributed by atoms with Crippen LogP contribution in [0.25, 0.3) is 0 Å². The highest BCUT2D eigenvalue weighted by atomic mass is 16.3. The molecule has 0 saturated carbocycles. The highest BCUT2D eigenvalue weighted by molar-refractivity contribution is 5.38. The third-order valence-electron chi connectivity index (χ3n) is 4.70. The molecule has 0 aliphatic heterocycles. The van der Waals surface area contributed by atoms with E-state index in [1.165, 1.54) is 24.0 Å². The van der Waals surface area contributed by atoms with Gasteiger partial charge in [0, 0.05) is 12.6 Å². The molecule has 0 aromatic heterocycles. The Kier molecular flexibility index (Phi) is 5.22. The molecule has 112 valence electrons. The van der Waals surface area contributed by atoms with Gasteiger partial charge in [-0.3, -0.25) is 0 Å². The standard InChI is InChI=1S/C18H29NO/c1-14(13-20)7-6-12-19-17-10-11-18(2,3)16-9-5-4-8-15(16)17/h4-5,8-9,14,17,19-20H,6-7,10-13H2,1-3H3. The van der Waals surface area contributed by atoms with Crippen molar-refractivity contribution < 1.29 is 5.11 Å². The van der Waals surface area contributed by atoms with E-state index in [0.717, 1.165) is 19.4 Å². The molecule has 2 nitrogen and oxygen atoms in total. The van der Waals surface area contributed by atoms with E-state index >= 15 is 0 Å². The average molecular weight is 275 g/mol. The molecule has 2 N–H and O–H groups in total. The van der Waals surface area contributed by atoms with Crippen molar-refractivity contribution in [2.75, 3.05) is 13.2 Å². The van der Waals surface area contributed by atoms with Crippen molar-refractivity contribution >= 4 is 0 Å². The fourth-order valence-electron chi connectivity index (χ4n) is 3.24. The summed E-state index contributed by atoms with van der Waals surface area (Å²) in [7, 11) is 0. The number of benzene rings is 1. The van der Waals surface area contributed by atoms with Crippen molar-refractivity contribution in [3.05, 3.63) is 35.4 Å². The highest BCUT2D eigenvalue weighted by Gasteiger charge is 2.31. The Morgan fingerprint density at radius 3 is 2.85 bits per heavy atom. The van der Waals surface area contributed by atoms with E-state index in [4.69, 9.17) is 5.11 Å². The van der Waals surface area contributed by atoms with E-state index in [0.29, 0.717) is 24.0 Å².